The van der Waals surface area contributed by atoms with Crippen molar-refractivity contribution in [3.63, 3.8) is 0 Å². The number of nitrogens with zero attached hydrogens (tertiary/aromatic N) is 4. The molecule has 1 atom stereocenters. The number of carbonyl (C=O) groups is 3. The molecular formula is C24H29N5O7S2. The fourth-order valence-corrected chi connectivity index (χ4v) is 7.09. The number of piperidine rings is 1. The molecule has 4 rings (SSSR count). The number of carbonyl (C=O) groups excluding carboxylic acids is 3. The molecule has 0 radical (unpaired) electrons. The molecule has 2 aliphatic rings. The van der Waals surface area contributed by atoms with Crippen LogP contribution in [-0.4, -0.2) is 71.0 Å². The van der Waals surface area contributed by atoms with E-state index in [-0.39, 0.29) is 61.4 Å². The SMILES string of the molecule is CC(C)(C)N1CC(C(=O)N2CCC(C(=O)Nc3ncc(S(=O)(=O)c4ccc([N+](=O)[O-])cc4)s3)CC2)CC1=O. The second-order valence-corrected chi connectivity index (χ2v) is 13.6. The van der Waals surface area contributed by atoms with Gasteiger partial charge < -0.3 is 15.1 Å². The van der Waals surface area contributed by atoms with E-state index in [4.69, 9.17) is 0 Å². The summed E-state index contributed by atoms with van der Waals surface area (Å²) in [6.07, 6.45) is 2.23. The summed E-state index contributed by atoms with van der Waals surface area (Å²) in [6.45, 7) is 7.02. The summed E-state index contributed by atoms with van der Waals surface area (Å²) in [5.74, 6) is -1.14. The molecule has 1 unspecified atom stereocenters. The van der Waals surface area contributed by atoms with Crippen LogP contribution in [-0.2, 0) is 24.2 Å². The number of amides is 3. The number of hydrogen-bond acceptors (Lipinski definition) is 9. The van der Waals surface area contributed by atoms with Crippen molar-refractivity contribution in [2.24, 2.45) is 11.8 Å². The molecule has 1 N–H and O–H groups in total. The molecule has 14 heteroatoms. The molecule has 0 spiro atoms. The fourth-order valence-electron chi connectivity index (χ4n) is 4.65. The van der Waals surface area contributed by atoms with Crippen LogP contribution in [0.5, 0.6) is 0 Å². The molecule has 0 bridgehead atoms. The smallest absolute Gasteiger partial charge is 0.269 e. The van der Waals surface area contributed by atoms with E-state index in [0.717, 1.165) is 41.8 Å². The second-order valence-electron chi connectivity index (χ2n) is 10.4. The van der Waals surface area contributed by atoms with Gasteiger partial charge in [-0.05, 0) is 45.7 Å². The number of aromatic nitrogens is 1. The molecule has 3 heterocycles. The van der Waals surface area contributed by atoms with Crippen LogP contribution in [0.15, 0.2) is 39.6 Å². The lowest BCUT2D eigenvalue weighted by Crippen LogP contribution is -2.46. The number of nitrogens with one attached hydrogen (secondary N) is 1. The van der Waals surface area contributed by atoms with Gasteiger partial charge >= 0.3 is 0 Å². The first-order valence-corrected chi connectivity index (χ1v) is 14.4. The van der Waals surface area contributed by atoms with Crippen LogP contribution in [0.2, 0.25) is 0 Å². The lowest BCUT2D eigenvalue weighted by atomic mass is 9.94. The van der Waals surface area contributed by atoms with Crippen LogP contribution in [0.3, 0.4) is 0 Å². The Bertz CT molecular complexity index is 1360. The Balaban J connectivity index is 1.32. The lowest BCUT2D eigenvalue weighted by molar-refractivity contribution is -0.384. The van der Waals surface area contributed by atoms with Crippen LogP contribution >= 0.6 is 11.3 Å². The van der Waals surface area contributed by atoms with Gasteiger partial charge in [-0.25, -0.2) is 13.4 Å². The molecule has 12 nitrogen and oxygen atoms in total. The molecule has 2 aliphatic heterocycles. The molecule has 1 aromatic carbocycles. The van der Waals surface area contributed by atoms with Crippen molar-refractivity contribution in [1.29, 1.82) is 0 Å². The molecule has 2 fully saturated rings. The van der Waals surface area contributed by atoms with Crippen LogP contribution in [0.4, 0.5) is 10.8 Å². The molecule has 0 aliphatic carbocycles. The monoisotopic (exact) mass is 563 g/mol. The van der Waals surface area contributed by atoms with Crippen molar-refractivity contribution in [3.05, 3.63) is 40.6 Å². The van der Waals surface area contributed by atoms with Gasteiger partial charge in [0.15, 0.2) is 5.13 Å². The number of likely N-dealkylation sites (tertiary alicyclic amines) is 2. The minimum atomic E-state index is -3.95. The third kappa shape index (κ3) is 5.70. The van der Waals surface area contributed by atoms with Gasteiger partial charge in [-0.15, -0.1) is 0 Å². The molecule has 0 saturated carbocycles. The molecule has 3 amide bonds. The van der Waals surface area contributed by atoms with Crippen molar-refractivity contribution in [2.45, 2.75) is 54.7 Å². The Morgan fingerprint density at radius 1 is 1.13 bits per heavy atom. The third-order valence-corrected chi connectivity index (χ3v) is 9.94. The lowest BCUT2D eigenvalue weighted by Gasteiger charge is -2.34. The molecular weight excluding hydrogens is 534 g/mol. The highest BCUT2D eigenvalue weighted by atomic mass is 32.2. The predicted molar refractivity (Wildman–Crippen MR) is 138 cm³/mol. The maximum Gasteiger partial charge on any atom is 0.269 e. The number of nitro benzene ring substituents is 1. The van der Waals surface area contributed by atoms with E-state index in [2.05, 4.69) is 10.3 Å². The summed E-state index contributed by atoms with van der Waals surface area (Å²) in [4.78, 5) is 55.7. The van der Waals surface area contributed by atoms with E-state index in [9.17, 15) is 32.9 Å². The van der Waals surface area contributed by atoms with Gasteiger partial charge in [0.05, 0.1) is 21.9 Å². The van der Waals surface area contributed by atoms with E-state index in [1.807, 2.05) is 20.8 Å². The van der Waals surface area contributed by atoms with Crippen molar-refractivity contribution in [1.82, 2.24) is 14.8 Å². The topological polar surface area (TPSA) is 160 Å². The number of nitro groups is 1. The number of sulfone groups is 1. The first-order chi connectivity index (χ1) is 17.8. The molecule has 2 saturated heterocycles. The van der Waals surface area contributed by atoms with E-state index in [1.165, 1.54) is 0 Å². The van der Waals surface area contributed by atoms with Crippen molar-refractivity contribution in [3.8, 4) is 0 Å². The molecule has 38 heavy (non-hydrogen) atoms. The third-order valence-electron chi connectivity index (χ3n) is 6.80. The van der Waals surface area contributed by atoms with Crippen molar-refractivity contribution >= 4 is 49.7 Å². The quantitative estimate of drug-likeness (QED) is 0.415. The van der Waals surface area contributed by atoms with Gasteiger partial charge in [0, 0.05) is 49.6 Å². The van der Waals surface area contributed by atoms with Gasteiger partial charge in [0.2, 0.25) is 27.6 Å². The first kappa shape index (κ1) is 27.6. The van der Waals surface area contributed by atoms with E-state index in [0.29, 0.717) is 32.5 Å². The number of benzene rings is 1. The van der Waals surface area contributed by atoms with E-state index >= 15 is 0 Å². The Morgan fingerprint density at radius 2 is 1.76 bits per heavy atom. The predicted octanol–water partition coefficient (Wildman–Crippen LogP) is 2.71. The van der Waals surface area contributed by atoms with Crippen LogP contribution in [0.1, 0.15) is 40.0 Å². The standard InChI is InChI=1S/C24H29N5O7S2/c1-24(2,3)28-14-16(12-19(28)30)22(32)27-10-8-15(9-11-27)21(31)26-23-25-13-20(37-23)38(35,36)18-6-4-17(5-7-18)29(33)34/h4-7,13,15-16H,8-12,14H2,1-3H3,(H,25,26,31). The first-order valence-electron chi connectivity index (χ1n) is 12.1. The molecule has 1 aromatic heterocycles. The highest BCUT2D eigenvalue weighted by Gasteiger charge is 2.41. The van der Waals surface area contributed by atoms with Gasteiger partial charge in [0.1, 0.15) is 4.21 Å². The zero-order valence-electron chi connectivity index (χ0n) is 21.2. The minimum absolute atomic E-state index is 0.0245. The van der Waals surface area contributed by atoms with Crippen LogP contribution in [0, 0.1) is 22.0 Å². The van der Waals surface area contributed by atoms with Crippen LogP contribution < -0.4 is 5.32 Å². The van der Waals surface area contributed by atoms with E-state index in [1.54, 1.807) is 9.80 Å². The Kier molecular flexibility index (Phi) is 7.57. The summed E-state index contributed by atoms with van der Waals surface area (Å²) in [7, 11) is -3.95. The van der Waals surface area contributed by atoms with Gasteiger partial charge in [-0.1, -0.05) is 11.3 Å². The summed E-state index contributed by atoms with van der Waals surface area (Å²) < 4.78 is 25.6. The van der Waals surface area contributed by atoms with E-state index < -0.39 is 14.8 Å². The second kappa shape index (κ2) is 10.4. The van der Waals surface area contributed by atoms with Gasteiger partial charge in [0.25, 0.3) is 5.69 Å². The Hall–Kier alpha value is -3.39. The molecule has 204 valence electrons. The highest BCUT2D eigenvalue weighted by Crippen LogP contribution is 2.31. The van der Waals surface area contributed by atoms with Gasteiger partial charge in [-0.2, -0.15) is 0 Å². The fraction of sp³-hybridized carbons (Fsp3) is 0.500. The summed E-state index contributed by atoms with van der Waals surface area (Å²) in [5.41, 5.74) is -0.564. The molecule has 2 aromatic rings. The highest BCUT2D eigenvalue weighted by molar-refractivity contribution is 7.93. The zero-order valence-corrected chi connectivity index (χ0v) is 22.9. The number of anilines is 1. The average molecular weight is 564 g/mol. The summed E-state index contributed by atoms with van der Waals surface area (Å²) in [5, 5.41) is 13.6. The van der Waals surface area contributed by atoms with Crippen molar-refractivity contribution < 1.29 is 27.7 Å². The Labute approximate surface area is 224 Å². The Morgan fingerprint density at radius 3 is 2.32 bits per heavy atom. The average Bonchev–Trinajstić information content (AvgIpc) is 3.51. The largest absolute Gasteiger partial charge is 0.342 e. The number of rotatable bonds is 6. The number of thiazole rings is 1. The minimum Gasteiger partial charge on any atom is -0.342 e. The maximum absolute atomic E-state index is 13.0. The summed E-state index contributed by atoms with van der Waals surface area (Å²) >= 11 is 0.796. The summed E-state index contributed by atoms with van der Waals surface area (Å²) in [6, 6.07) is 4.53. The van der Waals surface area contributed by atoms with Gasteiger partial charge in [-0.3, -0.25) is 24.5 Å². The normalized spacial score (nSPS) is 19.0. The maximum atomic E-state index is 13.0. The number of non-ortho nitro benzene ring substituents is 1. The zero-order chi connectivity index (χ0) is 27.8. The van der Waals surface area contributed by atoms with Crippen LogP contribution in [0.25, 0.3) is 0 Å². The van der Waals surface area contributed by atoms with Crippen molar-refractivity contribution in [2.75, 3.05) is 25.0 Å². The number of hydrogen-bond donors (Lipinski definition) is 1.